The summed E-state index contributed by atoms with van der Waals surface area (Å²) in [5, 5.41) is 10.6. The van der Waals surface area contributed by atoms with Crippen molar-refractivity contribution in [3.05, 3.63) is 64.4 Å². The summed E-state index contributed by atoms with van der Waals surface area (Å²) in [6, 6.07) is 11.8. The summed E-state index contributed by atoms with van der Waals surface area (Å²) < 4.78 is 19.4. The molecule has 19 heavy (non-hydrogen) atoms. The average Bonchev–Trinajstić information content (AvgIpc) is 2.81. The van der Waals surface area contributed by atoms with Crippen LogP contribution in [0.3, 0.4) is 0 Å². The van der Waals surface area contributed by atoms with E-state index in [0.717, 1.165) is 11.3 Å². The van der Waals surface area contributed by atoms with Crippen LogP contribution in [0.5, 0.6) is 5.75 Å². The van der Waals surface area contributed by atoms with Gasteiger partial charge in [-0.15, -0.1) is 0 Å². The minimum atomic E-state index is -1.01. The Hall–Kier alpha value is -1.58. The lowest BCUT2D eigenvalue weighted by molar-refractivity contribution is 0.0467. The van der Waals surface area contributed by atoms with Crippen LogP contribution in [0, 0.1) is 5.82 Å². The molecule has 0 saturated carbocycles. The van der Waals surface area contributed by atoms with Gasteiger partial charge in [-0.1, -0.05) is 35.9 Å². The molecule has 1 aliphatic heterocycles. The lowest BCUT2D eigenvalue weighted by atomic mass is 10.00. The fourth-order valence-corrected chi connectivity index (χ4v) is 2.49. The van der Waals surface area contributed by atoms with Crippen LogP contribution in [0.25, 0.3) is 0 Å². The molecule has 0 fully saturated rings. The second-order valence-corrected chi connectivity index (χ2v) is 5.02. The Morgan fingerprint density at radius 2 is 2.05 bits per heavy atom. The molecule has 2 aromatic carbocycles. The molecular weight excluding hydrogens is 267 g/mol. The summed E-state index contributed by atoms with van der Waals surface area (Å²) in [5.41, 5.74) is 1.24. The maximum Gasteiger partial charge on any atom is 0.133 e. The molecule has 98 valence electrons. The van der Waals surface area contributed by atoms with Crippen LogP contribution < -0.4 is 4.74 Å². The van der Waals surface area contributed by atoms with E-state index < -0.39 is 18.0 Å². The van der Waals surface area contributed by atoms with Crippen molar-refractivity contribution in [3.63, 3.8) is 0 Å². The topological polar surface area (TPSA) is 29.5 Å². The van der Waals surface area contributed by atoms with E-state index in [2.05, 4.69) is 0 Å². The van der Waals surface area contributed by atoms with Crippen molar-refractivity contribution in [2.45, 2.75) is 18.6 Å². The molecular formula is C15H12ClFO2. The molecule has 0 aliphatic carbocycles. The fraction of sp³-hybridized carbons (Fsp3) is 0.200. The van der Waals surface area contributed by atoms with E-state index in [4.69, 9.17) is 16.3 Å². The zero-order chi connectivity index (χ0) is 13.4. The van der Waals surface area contributed by atoms with Crippen molar-refractivity contribution in [2.75, 3.05) is 0 Å². The van der Waals surface area contributed by atoms with Gasteiger partial charge in [-0.25, -0.2) is 4.39 Å². The molecule has 4 heteroatoms. The monoisotopic (exact) mass is 278 g/mol. The Bertz CT molecular complexity index is 590. The van der Waals surface area contributed by atoms with Crippen molar-refractivity contribution >= 4 is 11.6 Å². The van der Waals surface area contributed by atoms with Gasteiger partial charge in [-0.2, -0.15) is 0 Å². The summed E-state index contributed by atoms with van der Waals surface area (Å²) in [6.07, 6.45) is -0.905. The van der Waals surface area contributed by atoms with Crippen molar-refractivity contribution in [1.82, 2.24) is 0 Å². The van der Waals surface area contributed by atoms with Gasteiger partial charge in [0.05, 0.1) is 0 Å². The number of aliphatic hydroxyl groups is 1. The zero-order valence-electron chi connectivity index (χ0n) is 10.0. The van der Waals surface area contributed by atoms with Crippen molar-refractivity contribution in [1.29, 1.82) is 0 Å². The lowest BCUT2D eigenvalue weighted by Gasteiger charge is -2.19. The molecule has 3 rings (SSSR count). The van der Waals surface area contributed by atoms with E-state index in [-0.39, 0.29) is 5.56 Å². The number of rotatable bonds is 2. The zero-order valence-corrected chi connectivity index (χ0v) is 10.8. The summed E-state index contributed by atoms with van der Waals surface area (Å²) in [6.45, 7) is 0. The molecule has 0 spiro atoms. The van der Waals surface area contributed by atoms with Crippen LogP contribution in [0.4, 0.5) is 4.39 Å². The van der Waals surface area contributed by atoms with Gasteiger partial charge in [-0.05, 0) is 23.8 Å². The van der Waals surface area contributed by atoms with Gasteiger partial charge in [0.15, 0.2) is 0 Å². The maximum absolute atomic E-state index is 13.8. The number of fused-ring (bicyclic) bond motifs is 1. The van der Waals surface area contributed by atoms with Gasteiger partial charge >= 0.3 is 0 Å². The Morgan fingerprint density at radius 3 is 2.79 bits per heavy atom. The highest BCUT2D eigenvalue weighted by Crippen LogP contribution is 2.35. The molecule has 0 amide bonds. The highest BCUT2D eigenvalue weighted by atomic mass is 35.5. The van der Waals surface area contributed by atoms with Crippen LogP contribution >= 0.6 is 11.6 Å². The largest absolute Gasteiger partial charge is 0.487 e. The van der Waals surface area contributed by atoms with Gasteiger partial charge in [0.2, 0.25) is 0 Å². The third kappa shape index (κ3) is 2.31. The average molecular weight is 279 g/mol. The molecule has 2 aromatic rings. The SMILES string of the molecule is OC(c1ccc(Cl)cc1F)C1Cc2ccccc2O1. The first-order chi connectivity index (χ1) is 9.15. The standard InChI is InChI=1S/C15H12ClFO2/c16-10-5-6-11(12(17)8-10)15(18)14-7-9-3-1-2-4-13(9)19-14/h1-6,8,14-15,18H,7H2. The van der Waals surface area contributed by atoms with E-state index in [1.54, 1.807) is 6.07 Å². The molecule has 0 aromatic heterocycles. The van der Waals surface area contributed by atoms with Crippen molar-refractivity contribution < 1.29 is 14.2 Å². The normalized spacial score (nSPS) is 18.8. The summed E-state index contributed by atoms with van der Waals surface area (Å²) in [7, 11) is 0. The van der Waals surface area contributed by atoms with E-state index in [1.165, 1.54) is 12.1 Å². The quantitative estimate of drug-likeness (QED) is 0.911. The van der Waals surface area contributed by atoms with Gasteiger partial charge < -0.3 is 9.84 Å². The van der Waals surface area contributed by atoms with Crippen LogP contribution in [-0.4, -0.2) is 11.2 Å². The summed E-state index contributed by atoms with van der Waals surface area (Å²) in [4.78, 5) is 0. The molecule has 1 aliphatic rings. The Balaban J connectivity index is 1.85. The molecule has 0 radical (unpaired) electrons. The Morgan fingerprint density at radius 1 is 1.26 bits per heavy atom. The maximum atomic E-state index is 13.8. The highest BCUT2D eigenvalue weighted by molar-refractivity contribution is 6.30. The first-order valence-electron chi connectivity index (χ1n) is 6.03. The first kappa shape index (κ1) is 12.5. The van der Waals surface area contributed by atoms with E-state index in [1.807, 2.05) is 24.3 Å². The molecule has 1 N–H and O–H groups in total. The van der Waals surface area contributed by atoms with Gasteiger partial charge in [0.1, 0.15) is 23.8 Å². The molecule has 2 atom stereocenters. The second-order valence-electron chi connectivity index (χ2n) is 4.58. The van der Waals surface area contributed by atoms with E-state index in [9.17, 15) is 9.50 Å². The first-order valence-corrected chi connectivity index (χ1v) is 6.40. The second kappa shape index (κ2) is 4.83. The van der Waals surface area contributed by atoms with E-state index in [0.29, 0.717) is 11.4 Å². The summed E-state index contributed by atoms with van der Waals surface area (Å²) >= 11 is 5.70. The lowest BCUT2D eigenvalue weighted by Crippen LogP contribution is -2.23. The fourth-order valence-electron chi connectivity index (χ4n) is 2.33. The Labute approximate surface area is 115 Å². The van der Waals surface area contributed by atoms with Gasteiger partial charge in [0, 0.05) is 17.0 Å². The molecule has 0 saturated heterocycles. The smallest absolute Gasteiger partial charge is 0.133 e. The van der Waals surface area contributed by atoms with Crippen LogP contribution in [0.2, 0.25) is 5.02 Å². The molecule has 2 unspecified atom stereocenters. The van der Waals surface area contributed by atoms with Crippen LogP contribution in [0.15, 0.2) is 42.5 Å². The van der Waals surface area contributed by atoms with Crippen LogP contribution in [-0.2, 0) is 6.42 Å². The third-order valence-corrected chi connectivity index (χ3v) is 3.54. The minimum absolute atomic E-state index is 0.210. The molecule has 1 heterocycles. The number of ether oxygens (including phenoxy) is 1. The van der Waals surface area contributed by atoms with Gasteiger partial charge in [-0.3, -0.25) is 0 Å². The number of aliphatic hydroxyl groups excluding tert-OH is 1. The predicted octanol–water partition coefficient (Wildman–Crippen LogP) is 3.52. The van der Waals surface area contributed by atoms with Crippen molar-refractivity contribution in [3.8, 4) is 5.75 Å². The number of para-hydroxylation sites is 1. The molecule has 2 nitrogen and oxygen atoms in total. The minimum Gasteiger partial charge on any atom is -0.487 e. The number of hydrogen-bond donors (Lipinski definition) is 1. The van der Waals surface area contributed by atoms with E-state index >= 15 is 0 Å². The highest BCUT2D eigenvalue weighted by Gasteiger charge is 2.31. The number of hydrogen-bond acceptors (Lipinski definition) is 2. The third-order valence-electron chi connectivity index (χ3n) is 3.31. The number of halogens is 2. The van der Waals surface area contributed by atoms with Crippen molar-refractivity contribution in [2.24, 2.45) is 0 Å². The Kier molecular flexibility index (Phi) is 3.17. The predicted molar refractivity (Wildman–Crippen MR) is 70.9 cm³/mol. The molecule has 0 bridgehead atoms. The van der Waals surface area contributed by atoms with Gasteiger partial charge in [0.25, 0.3) is 0 Å². The van der Waals surface area contributed by atoms with Crippen LogP contribution in [0.1, 0.15) is 17.2 Å². The number of benzene rings is 2. The summed E-state index contributed by atoms with van der Waals surface area (Å²) in [5.74, 6) is 0.237.